The number of nitrogens with one attached hydrogen (secondary N) is 1. The van der Waals surface area contributed by atoms with Crippen molar-refractivity contribution in [3.8, 4) is 5.75 Å². The van der Waals surface area contributed by atoms with Gasteiger partial charge in [-0.25, -0.2) is 22.2 Å². The molecule has 3 aromatic rings. The van der Waals surface area contributed by atoms with E-state index in [-0.39, 0.29) is 23.3 Å². The maximum Gasteiger partial charge on any atom is 0.257 e. The van der Waals surface area contributed by atoms with E-state index in [1.807, 2.05) is 6.07 Å². The monoisotopic (exact) mass is 492 g/mol. The molecule has 3 atom stereocenters. The number of anilines is 1. The average molecular weight is 493 g/mol. The number of carbonyl (C=O) groups excluding carboxylic acids is 1. The molecule has 1 unspecified atom stereocenters. The Kier molecular flexibility index (Phi) is 6.49. The van der Waals surface area contributed by atoms with Gasteiger partial charge in [0, 0.05) is 11.8 Å². The Bertz CT molecular complexity index is 1310. The third kappa shape index (κ3) is 5.22. The number of halogens is 2. The van der Waals surface area contributed by atoms with E-state index in [4.69, 9.17) is 4.74 Å². The highest BCUT2D eigenvalue weighted by Gasteiger charge is 2.34. The molecule has 33 heavy (non-hydrogen) atoms. The van der Waals surface area contributed by atoms with Gasteiger partial charge in [0.25, 0.3) is 5.91 Å². The van der Waals surface area contributed by atoms with E-state index in [9.17, 15) is 22.0 Å². The number of nitrogens with zero attached hydrogens (tertiary/aromatic N) is 1. The molecule has 1 aromatic heterocycles. The number of fused-ring (bicyclic) bond motifs is 1. The van der Waals surface area contributed by atoms with Crippen molar-refractivity contribution < 1.29 is 26.7 Å². The van der Waals surface area contributed by atoms with E-state index in [1.54, 1.807) is 25.3 Å². The van der Waals surface area contributed by atoms with Crippen molar-refractivity contribution in [2.75, 3.05) is 18.7 Å². The summed E-state index contributed by atoms with van der Waals surface area (Å²) in [6.07, 6.45) is -0.507. The van der Waals surface area contributed by atoms with Crippen LogP contribution in [0, 0.1) is 5.92 Å². The Hall–Kier alpha value is -2.85. The predicted octanol–water partition coefficient (Wildman–Crippen LogP) is 4.82. The zero-order chi connectivity index (χ0) is 23.8. The first-order valence-corrected chi connectivity index (χ1v) is 12.9. The lowest BCUT2D eigenvalue weighted by molar-refractivity contribution is -0.111. The van der Waals surface area contributed by atoms with Gasteiger partial charge < -0.3 is 4.74 Å². The van der Waals surface area contributed by atoms with Crippen LogP contribution in [0.15, 0.2) is 53.4 Å². The van der Waals surface area contributed by atoms with Crippen molar-refractivity contribution in [1.82, 2.24) is 4.98 Å². The van der Waals surface area contributed by atoms with Crippen molar-refractivity contribution in [3.05, 3.63) is 54.1 Å². The van der Waals surface area contributed by atoms with E-state index in [2.05, 4.69) is 10.3 Å². The minimum absolute atomic E-state index is 0.0136. The summed E-state index contributed by atoms with van der Waals surface area (Å²) < 4.78 is 57.1. The van der Waals surface area contributed by atoms with Crippen molar-refractivity contribution >= 4 is 48.0 Å². The topological polar surface area (TPSA) is 85.4 Å². The molecule has 1 heterocycles. The molecule has 1 amide bonds. The number of carbonyl (C=O) groups is 1. The fraction of sp³-hybridized carbons (Fsp3) is 0.304. The quantitative estimate of drug-likeness (QED) is 0.499. The van der Waals surface area contributed by atoms with Crippen molar-refractivity contribution in [3.63, 3.8) is 0 Å². The molecule has 1 saturated carbocycles. The summed E-state index contributed by atoms with van der Waals surface area (Å²) in [5, 5.41) is 3.12. The Labute approximate surface area is 194 Å². The number of hydrogen-bond donors (Lipinski definition) is 1. The molecular weight excluding hydrogens is 470 g/mol. The molecular formula is C23H22F2N2O4S2. The van der Waals surface area contributed by atoms with Gasteiger partial charge in [-0.3, -0.25) is 10.1 Å². The van der Waals surface area contributed by atoms with Crippen molar-refractivity contribution in [2.24, 2.45) is 5.92 Å². The summed E-state index contributed by atoms with van der Waals surface area (Å²) in [5.74, 6) is -0.283. The molecule has 6 nitrogen and oxygen atoms in total. The number of aromatic nitrogens is 1. The number of alkyl halides is 2. The molecule has 0 spiro atoms. The van der Waals surface area contributed by atoms with Gasteiger partial charge in [-0.15, -0.1) is 0 Å². The van der Waals surface area contributed by atoms with Gasteiger partial charge in [0.2, 0.25) is 0 Å². The molecule has 0 aliphatic heterocycles. The van der Waals surface area contributed by atoms with Crippen LogP contribution in [0.25, 0.3) is 15.8 Å². The first-order chi connectivity index (χ1) is 15.6. The molecule has 0 saturated heterocycles. The third-order valence-corrected chi connectivity index (χ3v) is 7.57. The Morgan fingerprint density at radius 2 is 1.82 bits per heavy atom. The fourth-order valence-corrected chi connectivity index (χ4v) is 5.30. The highest BCUT2D eigenvalue weighted by atomic mass is 32.2. The molecule has 0 bridgehead atoms. The summed E-state index contributed by atoms with van der Waals surface area (Å²) in [7, 11) is -1.85. The molecule has 1 fully saturated rings. The van der Waals surface area contributed by atoms with Crippen LogP contribution in [-0.4, -0.2) is 45.0 Å². The number of methoxy groups -OCH3 is 1. The predicted molar refractivity (Wildman–Crippen MR) is 125 cm³/mol. The molecule has 4 rings (SSSR count). The lowest BCUT2D eigenvalue weighted by Crippen LogP contribution is -2.14. The summed E-state index contributed by atoms with van der Waals surface area (Å²) in [4.78, 5) is 17.7. The van der Waals surface area contributed by atoms with Crippen LogP contribution in [0.3, 0.4) is 0 Å². The number of thiazole rings is 1. The lowest BCUT2D eigenvalue weighted by atomic mass is 9.98. The normalized spacial score (nSPS) is 21.3. The van der Waals surface area contributed by atoms with Crippen LogP contribution in [-0.2, 0) is 14.6 Å². The summed E-state index contributed by atoms with van der Waals surface area (Å²) >= 11 is 1.27. The highest BCUT2D eigenvalue weighted by molar-refractivity contribution is 7.90. The molecule has 2 aromatic carbocycles. The number of ether oxygens (including phenoxy) is 1. The van der Waals surface area contributed by atoms with Gasteiger partial charge in [0.1, 0.15) is 18.1 Å². The van der Waals surface area contributed by atoms with E-state index in [1.165, 1.54) is 35.6 Å². The Morgan fingerprint density at radius 3 is 2.42 bits per heavy atom. The van der Waals surface area contributed by atoms with Gasteiger partial charge in [0.15, 0.2) is 15.0 Å². The Morgan fingerprint density at radius 1 is 1.15 bits per heavy atom. The van der Waals surface area contributed by atoms with Crippen LogP contribution in [0.4, 0.5) is 13.9 Å². The highest BCUT2D eigenvalue weighted by Crippen LogP contribution is 2.35. The van der Waals surface area contributed by atoms with Gasteiger partial charge in [-0.1, -0.05) is 29.5 Å². The van der Waals surface area contributed by atoms with Crippen LogP contribution in [0.2, 0.25) is 0 Å². The molecule has 0 radical (unpaired) electrons. The minimum atomic E-state index is -3.41. The van der Waals surface area contributed by atoms with E-state index in [0.29, 0.717) is 22.0 Å². The summed E-state index contributed by atoms with van der Waals surface area (Å²) in [6.45, 7) is 0. The zero-order valence-corrected chi connectivity index (χ0v) is 19.6. The van der Waals surface area contributed by atoms with Gasteiger partial charge >= 0.3 is 0 Å². The molecule has 1 aliphatic rings. The molecule has 10 heteroatoms. The van der Waals surface area contributed by atoms with E-state index >= 15 is 0 Å². The van der Waals surface area contributed by atoms with Gasteiger partial charge in [0.05, 0.1) is 22.2 Å². The second-order valence-electron chi connectivity index (χ2n) is 7.95. The van der Waals surface area contributed by atoms with E-state index < -0.39 is 34.0 Å². The first-order valence-electron chi connectivity index (χ1n) is 10.2. The second kappa shape index (κ2) is 9.18. The zero-order valence-electron chi connectivity index (χ0n) is 17.9. The van der Waals surface area contributed by atoms with Gasteiger partial charge in [-0.2, -0.15) is 0 Å². The van der Waals surface area contributed by atoms with Crippen LogP contribution in [0.1, 0.15) is 18.4 Å². The minimum Gasteiger partial charge on any atom is -0.497 e. The molecule has 174 valence electrons. The standard InChI is InChI=1S/C23H22F2N2O4S2/c1-31-15-5-8-20-21(12-15)32-23(26-20)27-22(28)17(9-13-10-18(24)19(25)11-13)14-3-6-16(7-4-14)33(2,29)30/h3-9,12-13,18-19H,10-11H2,1-2H3,(H,26,27,28)/b17-9+/t13?,18-,19+. The molecule has 1 N–H and O–H groups in total. The van der Waals surface area contributed by atoms with Gasteiger partial charge in [-0.05, 0) is 54.7 Å². The molecule has 1 aliphatic carbocycles. The number of sulfone groups is 1. The number of hydrogen-bond acceptors (Lipinski definition) is 6. The van der Waals surface area contributed by atoms with Crippen molar-refractivity contribution in [1.29, 1.82) is 0 Å². The largest absolute Gasteiger partial charge is 0.497 e. The Balaban J connectivity index is 1.66. The third-order valence-electron chi connectivity index (χ3n) is 5.50. The lowest BCUT2D eigenvalue weighted by Gasteiger charge is -2.11. The number of benzene rings is 2. The SMILES string of the molecule is COc1ccc2nc(NC(=O)/C(=C/C3C[C@@H](F)[C@@H](F)C3)c3ccc(S(C)(=O)=O)cc3)sc2c1. The second-order valence-corrected chi connectivity index (χ2v) is 11.0. The number of amides is 1. The smallest absolute Gasteiger partial charge is 0.257 e. The van der Waals surface area contributed by atoms with E-state index in [0.717, 1.165) is 11.0 Å². The average Bonchev–Trinajstić information content (AvgIpc) is 3.32. The fourth-order valence-electron chi connectivity index (χ4n) is 3.78. The first kappa shape index (κ1) is 23.3. The summed E-state index contributed by atoms with van der Waals surface area (Å²) in [6, 6.07) is 11.2. The number of rotatable bonds is 6. The maximum atomic E-state index is 13.7. The van der Waals surface area contributed by atoms with Crippen LogP contribution < -0.4 is 10.1 Å². The van der Waals surface area contributed by atoms with Crippen LogP contribution in [0.5, 0.6) is 5.75 Å². The maximum absolute atomic E-state index is 13.7. The summed E-state index contributed by atoms with van der Waals surface area (Å²) in [5.41, 5.74) is 1.34. The number of allylic oxidation sites excluding steroid dienone is 1. The van der Waals surface area contributed by atoms with Crippen LogP contribution >= 0.6 is 11.3 Å². The van der Waals surface area contributed by atoms with Crippen molar-refractivity contribution in [2.45, 2.75) is 30.1 Å².